The Hall–Kier alpha value is 0.310. The molecule has 4 aliphatic carbocycles. The highest BCUT2D eigenvalue weighted by Gasteiger charge is 2.50. The van der Waals surface area contributed by atoms with Crippen LogP contribution in [0.4, 0.5) is 0 Å². The summed E-state index contributed by atoms with van der Waals surface area (Å²) in [7, 11) is 0. The molecule has 4 rings (SSSR count). The van der Waals surface area contributed by atoms with E-state index in [1.54, 1.807) is 19.3 Å². The van der Waals surface area contributed by atoms with E-state index in [1.165, 1.54) is 31.4 Å². The van der Waals surface area contributed by atoms with E-state index in [9.17, 15) is 0 Å². The number of nitrogens with two attached hydrogens (primary N) is 1. The average Bonchev–Trinajstić information content (AvgIpc) is 2.13. The SMILES string of the molecule is CC(N)CCSC12CC3CC(CC(C3)C1)C2. The van der Waals surface area contributed by atoms with E-state index in [4.69, 9.17) is 5.73 Å². The molecule has 0 aromatic heterocycles. The van der Waals surface area contributed by atoms with E-state index in [-0.39, 0.29) is 0 Å². The van der Waals surface area contributed by atoms with Crippen molar-refractivity contribution in [2.24, 2.45) is 23.5 Å². The molecule has 0 radical (unpaired) electrons. The van der Waals surface area contributed by atoms with Crippen LogP contribution >= 0.6 is 11.8 Å². The van der Waals surface area contributed by atoms with E-state index in [0.29, 0.717) is 10.8 Å². The van der Waals surface area contributed by atoms with Crippen LogP contribution in [0.15, 0.2) is 0 Å². The molecule has 1 nitrogen and oxygen atoms in total. The molecule has 0 saturated heterocycles. The lowest BCUT2D eigenvalue weighted by molar-refractivity contribution is 0.0383. The van der Waals surface area contributed by atoms with Crippen LogP contribution in [0.1, 0.15) is 51.9 Å². The van der Waals surface area contributed by atoms with Gasteiger partial charge in [0.25, 0.3) is 0 Å². The predicted octanol–water partition coefficient (Wildman–Crippen LogP) is 3.43. The van der Waals surface area contributed by atoms with Crippen LogP contribution in [-0.2, 0) is 0 Å². The van der Waals surface area contributed by atoms with Gasteiger partial charge in [0.05, 0.1) is 0 Å². The van der Waals surface area contributed by atoms with Gasteiger partial charge < -0.3 is 5.73 Å². The second-order valence-electron chi connectivity index (χ2n) is 6.71. The molecule has 0 spiro atoms. The van der Waals surface area contributed by atoms with Gasteiger partial charge in [-0.2, -0.15) is 11.8 Å². The minimum atomic E-state index is 0.390. The summed E-state index contributed by atoms with van der Waals surface area (Å²) in [5, 5.41) is 0. The summed E-state index contributed by atoms with van der Waals surface area (Å²) in [4.78, 5) is 0. The van der Waals surface area contributed by atoms with Crippen LogP contribution in [-0.4, -0.2) is 16.5 Å². The van der Waals surface area contributed by atoms with Crippen LogP contribution < -0.4 is 5.73 Å². The molecule has 4 fully saturated rings. The first-order valence-electron chi connectivity index (χ1n) is 7.05. The Morgan fingerprint density at radius 1 is 1.12 bits per heavy atom. The number of hydrogen-bond donors (Lipinski definition) is 1. The van der Waals surface area contributed by atoms with Crippen LogP contribution in [0.2, 0.25) is 0 Å². The van der Waals surface area contributed by atoms with Crippen LogP contribution in [0.5, 0.6) is 0 Å². The van der Waals surface area contributed by atoms with Crippen molar-refractivity contribution in [3.8, 4) is 0 Å². The Labute approximate surface area is 104 Å². The van der Waals surface area contributed by atoms with Gasteiger partial charge >= 0.3 is 0 Å². The molecular formula is C14H25NS. The number of rotatable bonds is 4. The maximum absolute atomic E-state index is 5.86. The number of thioether (sulfide) groups is 1. The molecule has 0 amide bonds. The van der Waals surface area contributed by atoms with Gasteiger partial charge in [-0.25, -0.2) is 0 Å². The van der Waals surface area contributed by atoms with E-state index in [2.05, 4.69) is 18.7 Å². The van der Waals surface area contributed by atoms with Crippen molar-refractivity contribution in [2.45, 2.75) is 62.7 Å². The molecule has 2 heteroatoms. The monoisotopic (exact) mass is 239 g/mol. The van der Waals surface area contributed by atoms with Gasteiger partial charge in [0.2, 0.25) is 0 Å². The standard InChI is InChI=1S/C14H25NS/c1-10(15)2-3-16-14-7-11-4-12(8-14)6-13(5-11)9-14/h10-13H,2-9,15H2,1H3. The Morgan fingerprint density at radius 3 is 2.06 bits per heavy atom. The smallest absolute Gasteiger partial charge is 0.0168 e. The largest absolute Gasteiger partial charge is 0.328 e. The summed E-state index contributed by atoms with van der Waals surface area (Å²) < 4.78 is 0.698. The van der Waals surface area contributed by atoms with Gasteiger partial charge in [-0.15, -0.1) is 0 Å². The summed E-state index contributed by atoms with van der Waals surface area (Å²) >= 11 is 2.28. The summed E-state index contributed by atoms with van der Waals surface area (Å²) in [6, 6.07) is 0.390. The Bertz CT molecular complexity index is 226. The topological polar surface area (TPSA) is 26.0 Å². The molecule has 4 saturated carbocycles. The lowest BCUT2D eigenvalue weighted by atomic mass is 9.56. The Kier molecular flexibility index (Phi) is 3.00. The first kappa shape index (κ1) is 11.4. The summed E-state index contributed by atoms with van der Waals surface area (Å²) in [6.07, 6.45) is 10.5. The summed E-state index contributed by atoms with van der Waals surface area (Å²) in [5.41, 5.74) is 5.86. The molecule has 1 unspecified atom stereocenters. The maximum atomic E-state index is 5.86. The van der Waals surface area contributed by atoms with Crippen molar-refractivity contribution in [3.05, 3.63) is 0 Å². The van der Waals surface area contributed by atoms with Gasteiger partial charge in [0.1, 0.15) is 0 Å². The van der Waals surface area contributed by atoms with E-state index in [0.717, 1.165) is 17.8 Å². The quantitative estimate of drug-likeness (QED) is 0.813. The Morgan fingerprint density at radius 2 is 1.62 bits per heavy atom. The molecule has 0 heterocycles. The van der Waals surface area contributed by atoms with Crippen molar-refractivity contribution in [1.29, 1.82) is 0 Å². The molecule has 1 atom stereocenters. The lowest BCUT2D eigenvalue weighted by Crippen LogP contribution is -2.48. The first-order chi connectivity index (χ1) is 7.65. The molecule has 92 valence electrons. The molecule has 0 aromatic rings. The lowest BCUT2D eigenvalue weighted by Gasteiger charge is -2.56. The molecule has 4 bridgehead atoms. The third-order valence-corrected chi connectivity index (χ3v) is 6.52. The summed E-state index contributed by atoms with van der Waals surface area (Å²) in [6.45, 7) is 2.14. The molecular weight excluding hydrogens is 214 g/mol. The van der Waals surface area contributed by atoms with Crippen LogP contribution in [0.25, 0.3) is 0 Å². The van der Waals surface area contributed by atoms with Gasteiger partial charge in [-0.05, 0) is 75.4 Å². The van der Waals surface area contributed by atoms with Crippen molar-refractivity contribution in [1.82, 2.24) is 0 Å². The third kappa shape index (κ3) is 2.15. The van der Waals surface area contributed by atoms with E-state index in [1.807, 2.05) is 0 Å². The highest BCUT2D eigenvalue weighted by Crippen LogP contribution is 2.60. The number of hydrogen-bond acceptors (Lipinski definition) is 2. The van der Waals surface area contributed by atoms with E-state index < -0.39 is 0 Å². The summed E-state index contributed by atoms with van der Waals surface area (Å²) in [5.74, 6) is 4.57. The third-order valence-electron chi connectivity index (χ3n) is 4.96. The zero-order valence-electron chi connectivity index (χ0n) is 10.5. The minimum absolute atomic E-state index is 0.390. The molecule has 16 heavy (non-hydrogen) atoms. The van der Waals surface area contributed by atoms with Gasteiger partial charge in [-0.1, -0.05) is 0 Å². The minimum Gasteiger partial charge on any atom is -0.328 e. The molecule has 0 aromatic carbocycles. The van der Waals surface area contributed by atoms with Gasteiger partial charge in [-0.3, -0.25) is 0 Å². The normalized spacial score (nSPS) is 47.2. The average molecular weight is 239 g/mol. The van der Waals surface area contributed by atoms with Crippen LogP contribution in [0.3, 0.4) is 0 Å². The highest BCUT2D eigenvalue weighted by molar-refractivity contribution is 8.00. The predicted molar refractivity (Wildman–Crippen MR) is 71.6 cm³/mol. The van der Waals surface area contributed by atoms with Crippen molar-refractivity contribution >= 4 is 11.8 Å². The Balaban J connectivity index is 1.60. The second kappa shape index (κ2) is 4.20. The van der Waals surface area contributed by atoms with E-state index >= 15 is 0 Å². The van der Waals surface area contributed by atoms with Crippen molar-refractivity contribution < 1.29 is 0 Å². The zero-order valence-corrected chi connectivity index (χ0v) is 11.3. The van der Waals surface area contributed by atoms with Crippen molar-refractivity contribution in [2.75, 3.05) is 5.75 Å². The van der Waals surface area contributed by atoms with Crippen molar-refractivity contribution in [3.63, 3.8) is 0 Å². The fourth-order valence-electron chi connectivity index (χ4n) is 4.67. The zero-order chi connectivity index (χ0) is 11.2. The first-order valence-corrected chi connectivity index (χ1v) is 8.03. The molecule has 4 aliphatic rings. The fraction of sp³-hybridized carbons (Fsp3) is 1.00. The van der Waals surface area contributed by atoms with Gasteiger partial charge in [0, 0.05) is 10.8 Å². The van der Waals surface area contributed by atoms with Crippen LogP contribution in [0, 0.1) is 17.8 Å². The fourth-order valence-corrected chi connectivity index (χ4v) is 6.65. The molecule has 2 N–H and O–H groups in total. The van der Waals surface area contributed by atoms with Gasteiger partial charge in [0.15, 0.2) is 0 Å². The molecule has 0 aliphatic heterocycles. The highest BCUT2D eigenvalue weighted by atomic mass is 32.2. The second-order valence-corrected chi connectivity index (χ2v) is 8.28. The maximum Gasteiger partial charge on any atom is 0.0168 e.